The number of para-hydroxylation sites is 1. The van der Waals surface area contributed by atoms with Gasteiger partial charge >= 0.3 is 0 Å². The number of hydrogen-bond donors (Lipinski definition) is 2. The zero-order valence-corrected chi connectivity index (χ0v) is 10.2. The highest BCUT2D eigenvalue weighted by molar-refractivity contribution is 5.90. The highest BCUT2D eigenvalue weighted by Gasteiger charge is 2.12. The predicted octanol–water partition coefficient (Wildman–Crippen LogP) is 2.80. The Kier molecular flexibility index (Phi) is 2.39. The third-order valence-electron chi connectivity index (χ3n) is 3.16. The number of nitrogen functional groups attached to an aromatic ring is 2. The molecule has 0 amide bonds. The molecule has 3 aromatic rings. The monoisotopic (exact) mass is 248 g/mol. The van der Waals surface area contributed by atoms with E-state index in [4.69, 9.17) is 11.5 Å². The Morgan fingerprint density at radius 1 is 1.00 bits per heavy atom. The predicted molar refractivity (Wildman–Crippen MR) is 77.2 cm³/mol. The first-order valence-corrected chi connectivity index (χ1v) is 5.86. The number of fused-ring (bicyclic) bond motifs is 1. The summed E-state index contributed by atoms with van der Waals surface area (Å²) in [6.07, 6.45) is 2.19. The summed E-state index contributed by atoms with van der Waals surface area (Å²) < 4.78 is 1.58. The zero-order chi connectivity index (χ0) is 13.4. The number of benzene rings is 2. The highest BCUT2D eigenvalue weighted by atomic mass is 15.0. The molecule has 0 aliphatic heterocycles. The lowest BCUT2D eigenvalue weighted by molar-refractivity contribution is 1.15. The fourth-order valence-corrected chi connectivity index (χ4v) is 2.28. The van der Waals surface area contributed by atoms with Gasteiger partial charge in [-0.2, -0.15) is 5.26 Å². The van der Waals surface area contributed by atoms with Gasteiger partial charge in [-0.15, -0.1) is 0 Å². The first-order chi connectivity index (χ1) is 9.20. The summed E-state index contributed by atoms with van der Waals surface area (Å²) in [4.78, 5) is 0. The Morgan fingerprint density at radius 3 is 2.53 bits per heavy atom. The number of hydrogen-bond acceptors (Lipinski definition) is 3. The molecule has 3 rings (SSSR count). The molecule has 4 heteroatoms. The molecule has 0 saturated heterocycles. The molecule has 4 nitrogen and oxygen atoms in total. The molecule has 0 spiro atoms. The molecule has 0 aliphatic rings. The zero-order valence-electron chi connectivity index (χ0n) is 10.2. The van der Waals surface area contributed by atoms with E-state index in [1.165, 1.54) is 0 Å². The van der Waals surface area contributed by atoms with Gasteiger partial charge in [0, 0.05) is 22.3 Å². The highest BCUT2D eigenvalue weighted by Crippen LogP contribution is 2.32. The minimum atomic E-state index is 0.569. The summed E-state index contributed by atoms with van der Waals surface area (Å²) >= 11 is 0. The Balaban J connectivity index is 2.34. The van der Waals surface area contributed by atoms with E-state index in [9.17, 15) is 5.26 Å². The Morgan fingerprint density at radius 2 is 1.79 bits per heavy atom. The van der Waals surface area contributed by atoms with Gasteiger partial charge < -0.3 is 11.5 Å². The minimum absolute atomic E-state index is 0.569. The number of nitrogens with two attached hydrogens (primary N) is 2. The quantitative estimate of drug-likeness (QED) is 0.650. The van der Waals surface area contributed by atoms with Crippen LogP contribution in [0.4, 0.5) is 11.4 Å². The van der Waals surface area contributed by atoms with Crippen molar-refractivity contribution in [1.29, 1.82) is 5.26 Å². The van der Waals surface area contributed by atoms with Crippen molar-refractivity contribution in [2.75, 3.05) is 11.5 Å². The summed E-state index contributed by atoms with van der Waals surface area (Å²) in [5.74, 6) is 0. The van der Waals surface area contributed by atoms with E-state index in [0.29, 0.717) is 11.4 Å². The molecular weight excluding hydrogens is 236 g/mol. The van der Waals surface area contributed by atoms with Crippen LogP contribution >= 0.6 is 0 Å². The molecule has 4 N–H and O–H groups in total. The lowest BCUT2D eigenvalue weighted by Gasteiger charge is -2.06. The summed E-state index contributed by atoms with van der Waals surface area (Å²) in [7, 11) is 0. The van der Waals surface area contributed by atoms with Crippen LogP contribution in [0.2, 0.25) is 0 Å². The van der Waals surface area contributed by atoms with Crippen molar-refractivity contribution in [2.24, 2.45) is 0 Å². The smallest absolute Gasteiger partial charge is 0.189 e. The van der Waals surface area contributed by atoms with Crippen molar-refractivity contribution in [3.05, 3.63) is 48.5 Å². The second-order valence-corrected chi connectivity index (χ2v) is 4.37. The van der Waals surface area contributed by atoms with Crippen LogP contribution in [0.3, 0.4) is 0 Å². The van der Waals surface area contributed by atoms with Gasteiger partial charge in [0.15, 0.2) is 6.19 Å². The van der Waals surface area contributed by atoms with Crippen molar-refractivity contribution in [2.45, 2.75) is 0 Å². The molecular formula is C15H12N4. The number of nitrogens with zero attached hydrogens (tertiary/aromatic N) is 2. The van der Waals surface area contributed by atoms with Crippen LogP contribution in [0.25, 0.3) is 22.2 Å². The van der Waals surface area contributed by atoms with Gasteiger partial charge in [0.25, 0.3) is 0 Å². The van der Waals surface area contributed by atoms with Gasteiger partial charge in [-0.05, 0) is 30.3 Å². The number of anilines is 2. The van der Waals surface area contributed by atoms with Gasteiger partial charge in [0.2, 0.25) is 0 Å². The summed E-state index contributed by atoms with van der Waals surface area (Å²) in [5, 5.41) is 10.4. The molecule has 19 heavy (non-hydrogen) atoms. The molecule has 2 aromatic carbocycles. The van der Waals surface area contributed by atoms with Crippen LogP contribution in [0.1, 0.15) is 0 Å². The lowest BCUT2D eigenvalue weighted by atomic mass is 10.1. The van der Waals surface area contributed by atoms with E-state index < -0.39 is 0 Å². The second kappa shape index (κ2) is 4.07. The van der Waals surface area contributed by atoms with Crippen molar-refractivity contribution < 1.29 is 0 Å². The van der Waals surface area contributed by atoms with E-state index in [1.807, 2.05) is 36.4 Å². The van der Waals surface area contributed by atoms with Crippen molar-refractivity contribution in [1.82, 2.24) is 4.57 Å². The van der Waals surface area contributed by atoms with Crippen LogP contribution in [0.15, 0.2) is 48.5 Å². The van der Waals surface area contributed by atoms with E-state index in [2.05, 4.69) is 6.19 Å². The summed E-state index contributed by atoms with van der Waals surface area (Å²) in [6.45, 7) is 0. The largest absolute Gasteiger partial charge is 0.399 e. The Bertz CT molecular complexity index is 809. The fraction of sp³-hybridized carbons (Fsp3) is 0. The van der Waals surface area contributed by atoms with Crippen LogP contribution < -0.4 is 11.5 Å². The molecule has 0 aliphatic carbocycles. The van der Waals surface area contributed by atoms with Crippen molar-refractivity contribution in [3.63, 3.8) is 0 Å². The fourth-order valence-electron chi connectivity index (χ4n) is 2.28. The summed E-state index contributed by atoms with van der Waals surface area (Å²) in [6, 6.07) is 15.0. The SMILES string of the molecule is N#Cn1c(-c2ccc(N)cc2N)cc2ccccc21. The average molecular weight is 248 g/mol. The van der Waals surface area contributed by atoms with Gasteiger partial charge in [-0.25, -0.2) is 4.57 Å². The van der Waals surface area contributed by atoms with Gasteiger partial charge in [-0.3, -0.25) is 0 Å². The van der Waals surface area contributed by atoms with E-state index >= 15 is 0 Å². The van der Waals surface area contributed by atoms with E-state index in [1.54, 1.807) is 16.7 Å². The molecule has 0 unspecified atom stereocenters. The van der Waals surface area contributed by atoms with E-state index in [0.717, 1.165) is 22.2 Å². The average Bonchev–Trinajstić information content (AvgIpc) is 2.76. The second-order valence-electron chi connectivity index (χ2n) is 4.37. The van der Waals surface area contributed by atoms with Crippen LogP contribution in [-0.2, 0) is 0 Å². The number of nitriles is 1. The summed E-state index contributed by atoms with van der Waals surface area (Å²) in [5.41, 5.74) is 15.3. The molecule has 0 saturated carbocycles. The van der Waals surface area contributed by atoms with Crippen molar-refractivity contribution in [3.8, 4) is 17.5 Å². The number of aromatic nitrogens is 1. The maximum Gasteiger partial charge on any atom is 0.189 e. The van der Waals surface area contributed by atoms with Crippen LogP contribution in [0, 0.1) is 11.5 Å². The maximum absolute atomic E-state index is 9.36. The molecule has 1 aromatic heterocycles. The van der Waals surface area contributed by atoms with Crippen LogP contribution in [0.5, 0.6) is 0 Å². The topological polar surface area (TPSA) is 80.8 Å². The van der Waals surface area contributed by atoms with Gasteiger partial charge in [-0.1, -0.05) is 18.2 Å². The molecule has 0 fully saturated rings. The Hall–Kier alpha value is -2.93. The van der Waals surface area contributed by atoms with E-state index in [-0.39, 0.29) is 0 Å². The molecule has 0 bridgehead atoms. The third kappa shape index (κ3) is 1.69. The normalized spacial score (nSPS) is 10.5. The standard InChI is InChI=1S/C15H12N4/c16-9-19-14-4-2-1-3-10(14)7-15(19)12-6-5-11(17)8-13(12)18/h1-8H,17-18H2. The maximum atomic E-state index is 9.36. The lowest BCUT2D eigenvalue weighted by Crippen LogP contribution is -1.97. The van der Waals surface area contributed by atoms with Gasteiger partial charge in [0.1, 0.15) is 0 Å². The molecule has 1 heterocycles. The first kappa shape index (κ1) is 11.2. The van der Waals surface area contributed by atoms with Crippen molar-refractivity contribution >= 4 is 22.3 Å². The Labute approximate surface area is 110 Å². The molecule has 92 valence electrons. The van der Waals surface area contributed by atoms with Gasteiger partial charge in [0.05, 0.1) is 11.2 Å². The first-order valence-electron chi connectivity index (χ1n) is 5.86. The van der Waals surface area contributed by atoms with Crippen LogP contribution in [-0.4, -0.2) is 4.57 Å². The molecule has 0 radical (unpaired) electrons. The number of rotatable bonds is 1. The minimum Gasteiger partial charge on any atom is -0.399 e. The third-order valence-corrected chi connectivity index (χ3v) is 3.16. The molecule has 0 atom stereocenters.